The summed E-state index contributed by atoms with van der Waals surface area (Å²) >= 11 is 0. The van der Waals surface area contributed by atoms with Crippen molar-refractivity contribution in [1.29, 1.82) is 0 Å². The van der Waals surface area contributed by atoms with E-state index in [1.54, 1.807) is 6.08 Å². The van der Waals surface area contributed by atoms with E-state index in [1.807, 2.05) is 6.08 Å². The topological polar surface area (TPSA) is 95.9 Å². The number of carbonyl (C=O) groups excluding carboxylic acids is 2. The third-order valence-corrected chi connectivity index (χ3v) is 18.0. The molecule has 3 N–H and O–H groups in total. The Balaban J connectivity index is 3.27. The molecule has 0 aromatic heterocycles. The fourth-order valence-electron chi connectivity index (χ4n) is 12.2. The number of nitrogens with one attached hydrogen (secondary N) is 1. The van der Waals surface area contributed by atoms with Gasteiger partial charge < -0.3 is 20.3 Å². The average molecular weight is 1170 g/mol. The Morgan fingerprint density at radius 3 is 0.855 bits per heavy atom. The van der Waals surface area contributed by atoms with E-state index in [1.165, 1.54) is 366 Å². The Hall–Kier alpha value is -1.66. The minimum Gasteiger partial charge on any atom is -0.466 e. The van der Waals surface area contributed by atoms with E-state index in [0.717, 1.165) is 38.5 Å². The number of amides is 1. The highest BCUT2D eigenvalue weighted by Gasteiger charge is 2.18. The molecule has 0 aromatic rings. The third kappa shape index (κ3) is 69.3. The zero-order valence-electron chi connectivity index (χ0n) is 56.5. The monoisotopic (exact) mass is 1170 g/mol. The van der Waals surface area contributed by atoms with Crippen molar-refractivity contribution in [3.8, 4) is 0 Å². The highest BCUT2D eigenvalue weighted by atomic mass is 16.5. The summed E-state index contributed by atoms with van der Waals surface area (Å²) in [5.74, 6) is -0.0406. The van der Waals surface area contributed by atoms with Gasteiger partial charge in [-0.05, 0) is 57.8 Å². The smallest absolute Gasteiger partial charge is 0.305 e. The maximum atomic E-state index is 12.4. The van der Waals surface area contributed by atoms with E-state index < -0.39 is 12.1 Å². The van der Waals surface area contributed by atoms with Crippen molar-refractivity contribution in [2.45, 2.75) is 443 Å². The Morgan fingerprint density at radius 2 is 0.566 bits per heavy atom. The van der Waals surface area contributed by atoms with Crippen LogP contribution in [0.3, 0.4) is 0 Å². The van der Waals surface area contributed by atoms with Crippen molar-refractivity contribution in [3.63, 3.8) is 0 Å². The standard InChI is InChI=1S/C77H149NO5/c1-3-5-7-9-11-13-15-16-17-41-45-48-51-55-59-63-67-71-77(82)83-72-68-64-60-56-52-49-46-43-40-38-36-34-32-30-28-26-24-22-20-18-19-21-23-25-27-29-31-33-35-37-39-42-44-47-50-54-58-62-66-70-76(81)78-74(73-79)75(80)69-65-61-57-53-14-12-10-8-6-4-2/h16-17,65,69,74-75,79-80H,3-15,18-64,66-68,70-73H2,1-2H3,(H,78,81)/b17-16-,69-65+. The summed E-state index contributed by atoms with van der Waals surface area (Å²) < 4.78 is 5.51. The Morgan fingerprint density at radius 1 is 0.325 bits per heavy atom. The molecule has 1 amide bonds. The van der Waals surface area contributed by atoms with Gasteiger partial charge in [-0.1, -0.05) is 385 Å². The molecule has 0 rings (SSSR count). The van der Waals surface area contributed by atoms with Crippen molar-refractivity contribution in [1.82, 2.24) is 5.32 Å². The molecule has 2 atom stereocenters. The molecule has 0 aliphatic carbocycles. The number of hydrogen-bond acceptors (Lipinski definition) is 5. The van der Waals surface area contributed by atoms with Gasteiger partial charge in [-0.3, -0.25) is 9.59 Å². The number of carbonyl (C=O) groups is 2. The molecule has 492 valence electrons. The molecule has 0 aliphatic heterocycles. The van der Waals surface area contributed by atoms with Crippen molar-refractivity contribution >= 4 is 11.9 Å². The first-order chi connectivity index (χ1) is 41.0. The lowest BCUT2D eigenvalue weighted by Crippen LogP contribution is -2.45. The van der Waals surface area contributed by atoms with Crippen LogP contribution in [0.25, 0.3) is 0 Å². The SMILES string of the molecule is CCCCCCCC/C=C\CCCCCCCCCC(=O)OCCCCCCCCCCCCCCCCCCCCCCCCCCCCCCCCCCCCCCCCCC(=O)NC(CO)C(O)/C=C/CCCCCCCCCC. The first-order valence-corrected chi connectivity index (χ1v) is 38.1. The summed E-state index contributed by atoms with van der Waals surface area (Å²) in [6.45, 7) is 4.92. The highest BCUT2D eigenvalue weighted by Crippen LogP contribution is 2.20. The predicted octanol–water partition coefficient (Wildman–Crippen LogP) is 24.9. The minimum absolute atomic E-state index is 0.0212. The summed E-state index contributed by atoms with van der Waals surface area (Å²) in [6.07, 6.45) is 93.2. The number of aliphatic hydroxyl groups excluding tert-OH is 2. The van der Waals surface area contributed by atoms with Crippen LogP contribution in [0, 0.1) is 0 Å². The fraction of sp³-hybridized carbons (Fsp3) is 0.922. The molecule has 0 spiro atoms. The third-order valence-electron chi connectivity index (χ3n) is 18.0. The fourth-order valence-corrected chi connectivity index (χ4v) is 12.2. The predicted molar refractivity (Wildman–Crippen MR) is 366 cm³/mol. The van der Waals surface area contributed by atoms with Crippen LogP contribution in [-0.4, -0.2) is 47.4 Å². The highest BCUT2D eigenvalue weighted by molar-refractivity contribution is 5.76. The van der Waals surface area contributed by atoms with Gasteiger partial charge in [0.1, 0.15) is 0 Å². The molecule has 0 radical (unpaired) electrons. The molecule has 6 nitrogen and oxygen atoms in total. The average Bonchev–Trinajstić information content (AvgIpc) is 3.50. The van der Waals surface area contributed by atoms with Crippen LogP contribution < -0.4 is 5.32 Å². The Bertz CT molecular complexity index is 1300. The summed E-state index contributed by atoms with van der Waals surface area (Å²) in [5, 5.41) is 23.0. The van der Waals surface area contributed by atoms with Crippen LogP contribution in [0.1, 0.15) is 431 Å². The van der Waals surface area contributed by atoms with Crippen LogP contribution in [0.15, 0.2) is 24.3 Å². The zero-order valence-corrected chi connectivity index (χ0v) is 56.5. The lowest BCUT2D eigenvalue weighted by Gasteiger charge is -2.20. The van der Waals surface area contributed by atoms with Gasteiger partial charge in [0.15, 0.2) is 0 Å². The molecule has 0 aromatic carbocycles. The number of allylic oxidation sites excluding steroid dienone is 3. The Labute approximate surface area is 520 Å². The van der Waals surface area contributed by atoms with E-state index in [9.17, 15) is 19.8 Å². The van der Waals surface area contributed by atoms with Crippen molar-refractivity contribution < 1.29 is 24.5 Å². The van der Waals surface area contributed by atoms with Crippen LogP contribution in [0.5, 0.6) is 0 Å². The van der Waals surface area contributed by atoms with Crippen LogP contribution in [-0.2, 0) is 14.3 Å². The van der Waals surface area contributed by atoms with E-state index >= 15 is 0 Å². The van der Waals surface area contributed by atoms with Gasteiger partial charge in [0, 0.05) is 12.8 Å². The van der Waals surface area contributed by atoms with Crippen molar-refractivity contribution in [2.24, 2.45) is 0 Å². The number of esters is 1. The molecule has 0 saturated heterocycles. The van der Waals surface area contributed by atoms with Crippen molar-refractivity contribution in [2.75, 3.05) is 13.2 Å². The number of ether oxygens (including phenoxy) is 1. The lowest BCUT2D eigenvalue weighted by molar-refractivity contribution is -0.143. The van der Waals surface area contributed by atoms with E-state index in [2.05, 4.69) is 31.3 Å². The van der Waals surface area contributed by atoms with Gasteiger partial charge in [-0.25, -0.2) is 0 Å². The quantitative estimate of drug-likeness (QED) is 0.0320. The molecular weight excluding hydrogens is 1020 g/mol. The number of unbranched alkanes of at least 4 members (excludes halogenated alkanes) is 59. The van der Waals surface area contributed by atoms with Gasteiger partial charge in [0.25, 0.3) is 0 Å². The lowest BCUT2D eigenvalue weighted by atomic mass is 10.0. The number of hydrogen-bond donors (Lipinski definition) is 3. The molecule has 2 unspecified atom stereocenters. The largest absolute Gasteiger partial charge is 0.466 e. The van der Waals surface area contributed by atoms with Gasteiger partial charge in [-0.2, -0.15) is 0 Å². The van der Waals surface area contributed by atoms with Crippen LogP contribution in [0.4, 0.5) is 0 Å². The molecule has 0 heterocycles. The minimum atomic E-state index is -0.838. The first-order valence-electron chi connectivity index (χ1n) is 38.1. The molecular formula is C77H149NO5. The van der Waals surface area contributed by atoms with E-state index in [-0.39, 0.29) is 18.5 Å². The summed E-state index contributed by atoms with van der Waals surface area (Å²) in [7, 11) is 0. The summed E-state index contributed by atoms with van der Waals surface area (Å²) in [4.78, 5) is 24.5. The summed E-state index contributed by atoms with van der Waals surface area (Å²) in [6, 6.07) is -0.621. The molecule has 0 bridgehead atoms. The van der Waals surface area contributed by atoms with Crippen molar-refractivity contribution in [3.05, 3.63) is 24.3 Å². The van der Waals surface area contributed by atoms with E-state index in [4.69, 9.17) is 4.74 Å². The van der Waals surface area contributed by atoms with Gasteiger partial charge >= 0.3 is 5.97 Å². The zero-order chi connectivity index (χ0) is 59.9. The van der Waals surface area contributed by atoms with Crippen LogP contribution >= 0.6 is 0 Å². The number of aliphatic hydroxyl groups is 2. The second-order valence-electron chi connectivity index (χ2n) is 26.3. The van der Waals surface area contributed by atoms with E-state index in [0.29, 0.717) is 19.4 Å². The molecule has 0 saturated carbocycles. The number of rotatable bonds is 72. The molecule has 83 heavy (non-hydrogen) atoms. The maximum Gasteiger partial charge on any atom is 0.305 e. The maximum absolute atomic E-state index is 12.4. The van der Waals surface area contributed by atoms with Gasteiger partial charge in [0.2, 0.25) is 5.91 Å². The van der Waals surface area contributed by atoms with Crippen LogP contribution in [0.2, 0.25) is 0 Å². The second kappa shape index (κ2) is 72.8. The normalized spacial score (nSPS) is 12.6. The van der Waals surface area contributed by atoms with Gasteiger partial charge in [0.05, 0.1) is 25.4 Å². The molecule has 6 heteroatoms. The first kappa shape index (κ1) is 81.3. The summed E-state index contributed by atoms with van der Waals surface area (Å²) in [5.41, 5.74) is 0. The Kier molecular flexibility index (Phi) is 71.4. The van der Waals surface area contributed by atoms with Gasteiger partial charge in [-0.15, -0.1) is 0 Å². The molecule has 0 aliphatic rings. The molecule has 0 fully saturated rings. The second-order valence-corrected chi connectivity index (χ2v) is 26.3.